The number of rotatable bonds is 6. The molecule has 2 aliphatic rings. The fourth-order valence-electron chi connectivity index (χ4n) is 11.4. The second kappa shape index (κ2) is 17.7. The third-order valence-corrected chi connectivity index (χ3v) is 15.6. The van der Waals surface area contributed by atoms with Crippen LogP contribution in [0.25, 0.3) is 44.5 Å². The molecular weight excluding hydrogens is 880 g/mol. The molecule has 3 heteroatoms. The topological polar surface area (TPSA) is 6.48 Å². The lowest BCUT2D eigenvalue weighted by Crippen LogP contribution is -2.61. The van der Waals surface area contributed by atoms with Gasteiger partial charge in [-0.15, -0.1) is 0 Å². The standard InChI is InChI=1S/C70H69BN2/c1-67(2,3)50-38-30-46(31-39-50)54-20-17-21-55(47-32-40-51(41-33-47)68(4,5)6)65(54)72-60-26-15-13-24-58(60)71-59-25-14-16-27-61(59)73(63-29-19-28-62(72)64(63)71)66-56(48-34-42-52(43-35-48)69(7,8)9)22-18-23-57(66)49-36-44-53(45-37-49)70(10,11)12/h13-45H,1-12H3. The molecule has 0 atom stereocenters. The van der Waals surface area contributed by atoms with E-state index in [1.54, 1.807) is 0 Å². The number of anilines is 6. The summed E-state index contributed by atoms with van der Waals surface area (Å²) in [7, 11) is 0. The van der Waals surface area contributed by atoms with Gasteiger partial charge in [0.15, 0.2) is 0 Å². The highest BCUT2D eigenvalue weighted by Gasteiger charge is 2.44. The Hall–Kier alpha value is -7.36. The minimum Gasteiger partial charge on any atom is -0.310 e. The Balaban J connectivity index is 1.20. The van der Waals surface area contributed by atoms with E-state index in [4.69, 9.17) is 0 Å². The van der Waals surface area contributed by atoms with Crippen LogP contribution >= 0.6 is 0 Å². The maximum atomic E-state index is 2.61. The number of fused-ring (bicyclic) bond motifs is 4. The molecule has 2 nitrogen and oxygen atoms in total. The highest BCUT2D eigenvalue weighted by molar-refractivity contribution is 7.00. The van der Waals surface area contributed by atoms with E-state index in [1.807, 2.05) is 0 Å². The molecule has 0 bridgehead atoms. The van der Waals surface area contributed by atoms with Crippen molar-refractivity contribution in [3.05, 3.63) is 222 Å². The van der Waals surface area contributed by atoms with Crippen LogP contribution in [0.15, 0.2) is 200 Å². The fourth-order valence-corrected chi connectivity index (χ4v) is 11.4. The minimum absolute atomic E-state index is 0.00778. The van der Waals surface area contributed by atoms with Crippen molar-refractivity contribution in [1.82, 2.24) is 0 Å². The van der Waals surface area contributed by atoms with Crippen molar-refractivity contribution < 1.29 is 0 Å². The molecular formula is C70H69BN2. The maximum Gasteiger partial charge on any atom is 0.252 e. The van der Waals surface area contributed by atoms with Crippen molar-refractivity contribution in [1.29, 1.82) is 0 Å². The minimum atomic E-state index is -0.00778. The SMILES string of the molecule is CC(C)(C)c1ccc(-c2cccc(-c3ccc(C(C)(C)C)cc3)c2N2c3ccccc3B3c4ccccc4N(c4c(-c5ccc(C(C)(C)C)cc5)cccc4-c4ccc(C(C)(C)C)cc4)c4cccc2c43)cc1. The second-order valence-electron chi connectivity index (χ2n) is 24.6. The molecule has 0 amide bonds. The molecule has 9 aromatic rings. The van der Waals surface area contributed by atoms with E-state index in [0.717, 1.165) is 0 Å². The summed E-state index contributed by atoms with van der Waals surface area (Å²) in [6.07, 6.45) is 0. The van der Waals surface area contributed by atoms with Crippen LogP contribution < -0.4 is 26.2 Å². The van der Waals surface area contributed by atoms with Gasteiger partial charge in [0.25, 0.3) is 6.71 Å². The zero-order valence-corrected chi connectivity index (χ0v) is 45.0. The lowest BCUT2D eigenvalue weighted by Gasteiger charge is -2.45. The van der Waals surface area contributed by atoms with E-state index in [-0.39, 0.29) is 28.4 Å². The highest BCUT2D eigenvalue weighted by atomic mass is 15.2. The summed E-state index contributed by atoms with van der Waals surface area (Å²) in [5.74, 6) is 0. The molecule has 0 spiro atoms. The first-order valence-electron chi connectivity index (χ1n) is 26.4. The van der Waals surface area contributed by atoms with Crippen LogP contribution in [0.1, 0.15) is 105 Å². The molecule has 0 saturated carbocycles. The molecule has 0 N–H and O–H groups in total. The highest BCUT2D eigenvalue weighted by Crippen LogP contribution is 2.52. The predicted molar refractivity (Wildman–Crippen MR) is 317 cm³/mol. The molecule has 73 heavy (non-hydrogen) atoms. The van der Waals surface area contributed by atoms with E-state index in [1.165, 1.54) is 117 Å². The molecule has 362 valence electrons. The average molecular weight is 949 g/mol. The molecule has 2 aliphatic heterocycles. The summed E-state index contributed by atoms with van der Waals surface area (Å²) in [4.78, 5) is 5.22. The number of benzene rings is 9. The van der Waals surface area contributed by atoms with Gasteiger partial charge in [-0.3, -0.25) is 0 Å². The van der Waals surface area contributed by atoms with Crippen molar-refractivity contribution in [3.63, 3.8) is 0 Å². The van der Waals surface area contributed by atoms with Crippen LogP contribution in [0.2, 0.25) is 0 Å². The van der Waals surface area contributed by atoms with E-state index in [2.05, 4.69) is 293 Å². The number of hydrogen-bond donors (Lipinski definition) is 0. The normalized spacial score (nSPS) is 13.4. The Morgan fingerprint density at radius 2 is 0.507 bits per heavy atom. The number of nitrogens with zero attached hydrogens (tertiary/aromatic N) is 2. The van der Waals surface area contributed by atoms with E-state index < -0.39 is 0 Å². The third-order valence-electron chi connectivity index (χ3n) is 15.6. The summed E-state index contributed by atoms with van der Waals surface area (Å²) < 4.78 is 0. The Kier molecular flexibility index (Phi) is 11.6. The van der Waals surface area contributed by atoms with E-state index >= 15 is 0 Å². The number of hydrogen-bond acceptors (Lipinski definition) is 2. The van der Waals surface area contributed by atoms with Crippen LogP contribution in [-0.4, -0.2) is 6.71 Å². The van der Waals surface area contributed by atoms with Crippen LogP contribution in [0, 0.1) is 0 Å². The maximum absolute atomic E-state index is 2.61. The molecule has 0 aliphatic carbocycles. The lowest BCUT2D eigenvalue weighted by atomic mass is 9.33. The van der Waals surface area contributed by atoms with Gasteiger partial charge in [0.05, 0.1) is 11.4 Å². The zero-order chi connectivity index (χ0) is 51.2. The Labute approximate surface area is 436 Å². The predicted octanol–water partition coefficient (Wildman–Crippen LogP) is 17.6. The monoisotopic (exact) mass is 949 g/mol. The van der Waals surface area contributed by atoms with Gasteiger partial charge in [-0.25, -0.2) is 0 Å². The van der Waals surface area contributed by atoms with Crippen LogP contribution in [0.4, 0.5) is 34.1 Å². The van der Waals surface area contributed by atoms with Crippen molar-refractivity contribution >= 4 is 57.2 Å². The van der Waals surface area contributed by atoms with Gasteiger partial charge < -0.3 is 9.80 Å². The molecule has 0 unspecified atom stereocenters. The first kappa shape index (κ1) is 47.9. The summed E-state index contributed by atoms with van der Waals surface area (Å²) in [5, 5.41) is 0. The first-order valence-corrected chi connectivity index (χ1v) is 26.4. The number of para-hydroxylation sites is 4. The van der Waals surface area contributed by atoms with Gasteiger partial charge in [-0.05, 0) is 107 Å². The van der Waals surface area contributed by atoms with Gasteiger partial charge in [-0.2, -0.15) is 0 Å². The van der Waals surface area contributed by atoms with Gasteiger partial charge in [0.1, 0.15) is 0 Å². The summed E-state index contributed by atoms with van der Waals surface area (Å²) in [6.45, 7) is 27.5. The molecule has 2 heterocycles. The van der Waals surface area contributed by atoms with E-state index in [9.17, 15) is 0 Å². The summed E-state index contributed by atoms with van der Waals surface area (Å²) in [5.41, 5.74) is 26.0. The Morgan fingerprint density at radius 3 is 0.781 bits per heavy atom. The van der Waals surface area contributed by atoms with Gasteiger partial charge in [0, 0.05) is 45.0 Å². The van der Waals surface area contributed by atoms with Crippen molar-refractivity contribution in [2.45, 2.75) is 105 Å². The van der Waals surface area contributed by atoms with E-state index in [0.29, 0.717) is 0 Å². The summed E-state index contributed by atoms with van der Waals surface area (Å²) >= 11 is 0. The fraction of sp³-hybridized carbons (Fsp3) is 0.229. The molecule has 11 rings (SSSR count). The van der Waals surface area contributed by atoms with Crippen molar-refractivity contribution in [2.24, 2.45) is 0 Å². The Bertz CT molecular complexity index is 3130. The van der Waals surface area contributed by atoms with Crippen LogP contribution in [0.5, 0.6) is 0 Å². The van der Waals surface area contributed by atoms with Crippen LogP contribution in [-0.2, 0) is 21.7 Å². The summed E-state index contributed by atoms with van der Waals surface area (Å²) in [6, 6.07) is 76.5. The molecule has 0 aromatic heterocycles. The quantitative estimate of drug-likeness (QED) is 0.153. The first-order chi connectivity index (χ1) is 34.8. The molecule has 0 saturated heterocycles. The smallest absolute Gasteiger partial charge is 0.252 e. The molecule has 0 fully saturated rings. The zero-order valence-electron chi connectivity index (χ0n) is 45.0. The second-order valence-corrected chi connectivity index (χ2v) is 24.6. The van der Waals surface area contributed by atoms with Crippen LogP contribution in [0.3, 0.4) is 0 Å². The van der Waals surface area contributed by atoms with Gasteiger partial charge in [-0.1, -0.05) is 259 Å². The molecule has 9 aromatic carbocycles. The lowest BCUT2D eigenvalue weighted by molar-refractivity contribution is 0.590. The average Bonchev–Trinajstić information content (AvgIpc) is 3.37. The largest absolute Gasteiger partial charge is 0.310 e. The van der Waals surface area contributed by atoms with Crippen molar-refractivity contribution in [3.8, 4) is 44.5 Å². The van der Waals surface area contributed by atoms with Gasteiger partial charge in [0.2, 0.25) is 0 Å². The third kappa shape index (κ3) is 8.51. The van der Waals surface area contributed by atoms with Gasteiger partial charge >= 0.3 is 0 Å². The molecule has 0 radical (unpaired) electrons. The van der Waals surface area contributed by atoms with Crippen molar-refractivity contribution in [2.75, 3.05) is 9.80 Å². The Morgan fingerprint density at radius 1 is 0.260 bits per heavy atom.